The predicted molar refractivity (Wildman–Crippen MR) is 99.9 cm³/mol. The number of amides is 2. The zero-order valence-electron chi connectivity index (χ0n) is 14.2. The van der Waals surface area contributed by atoms with Gasteiger partial charge in [-0.05, 0) is 30.7 Å². The minimum absolute atomic E-state index is 0.0212. The Kier molecular flexibility index (Phi) is 4.16. The van der Waals surface area contributed by atoms with Gasteiger partial charge in [-0.25, -0.2) is 0 Å². The molecule has 1 aromatic heterocycles. The first-order chi connectivity index (χ1) is 12.6. The van der Waals surface area contributed by atoms with Gasteiger partial charge in [0.25, 0.3) is 0 Å². The van der Waals surface area contributed by atoms with E-state index in [9.17, 15) is 14.4 Å². The Bertz CT molecular complexity index is 1000. The van der Waals surface area contributed by atoms with Gasteiger partial charge in [-0.3, -0.25) is 14.4 Å². The number of pyridine rings is 1. The number of carbonyl (C=O) groups is 2. The van der Waals surface area contributed by atoms with Gasteiger partial charge in [-0.1, -0.05) is 24.3 Å². The quantitative estimate of drug-likeness (QED) is 0.704. The molecule has 1 fully saturated rings. The van der Waals surface area contributed by atoms with Crippen LogP contribution in [0.5, 0.6) is 0 Å². The Labute approximate surface area is 149 Å². The Hall–Kier alpha value is -3.15. The number of piperidine rings is 1. The number of hydrogen-bond acceptors (Lipinski definition) is 3. The fraction of sp³-hybridized carbons (Fsp3) is 0.250. The lowest BCUT2D eigenvalue weighted by atomic mass is 10.1. The van der Waals surface area contributed by atoms with Gasteiger partial charge in [0.15, 0.2) is 5.43 Å². The molecule has 1 aliphatic rings. The number of hydrogen-bond donors (Lipinski definition) is 2. The summed E-state index contributed by atoms with van der Waals surface area (Å²) in [4.78, 5) is 36.6. The van der Waals surface area contributed by atoms with Crippen molar-refractivity contribution < 1.29 is 9.59 Å². The van der Waals surface area contributed by atoms with E-state index in [-0.39, 0.29) is 29.8 Å². The van der Waals surface area contributed by atoms with Gasteiger partial charge in [0.2, 0.25) is 11.8 Å². The molecule has 0 spiro atoms. The summed E-state index contributed by atoms with van der Waals surface area (Å²) < 4.78 is 1.88. The first-order valence-corrected chi connectivity index (χ1v) is 8.70. The Morgan fingerprint density at radius 3 is 2.23 bits per heavy atom. The zero-order valence-corrected chi connectivity index (χ0v) is 14.2. The van der Waals surface area contributed by atoms with Crippen LogP contribution in [0.1, 0.15) is 12.8 Å². The second-order valence-electron chi connectivity index (χ2n) is 6.56. The van der Waals surface area contributed by atoms with Gasteiger partial charge in [0.1, 0.15) is 6.54 Å². The number of para-hydroxylation sites is 2. The van der Waals surface area contributed by atoms with E-state index in [1.54, 1.807) is 12.1 Å². The summed E-state index contributed by atoms with van der Waals surface area (Å²) in [6.07, 6.45) is 1.07. The van der Waals surface area contributed by atoms with E-state index < -0.39 is 0 Å². The molecule has 2 heterocycles. The lowest BCUT2D eigenvalue weighted by molar-refractivity contribution is -0.125. The van der Waals surface area contributed by atoms with E-state index in [0.29, 0.717) is 30.2 Å². The van der Waals surface area contributed by atoms with Gasteiger partial charge >= 0.3 is 0 Å². The van der Waals surface area contributed by atoms with Crippen molar-refractivity contribution >= 4 is 33.6 Å². The SMILES string of the molecule is O=C1CCC(NC(=O)Cn2c3ccccc3c(=O)c3ccccc32)CN1. The fourth-order valence-electron chi connectivity index (χ4n) is 3.52. The molecule has 0 aliphatic carbocycles. The molecule has 6 heteroatoms. The van der Waals surface area contributed by atoms with Crippen LogP contribution in [0.15, 0.2) is 53.3 Å². The largest absolute Gasteiger partial charge is 0.354 e. The Morgan fingerprint density at radius 1 is 1.04 bits per heavy atom. The lowest BCUT2D eigenvalue weighted by Crippen LogP contribution is -2.48. The highest BCUT2D eigenvalue weighted by molar-refractivity contribution is 5.94. The van der Waals surface area contributed by atoms with Gasteiger partial charge in [0.05, 0.1) is 11.0 Å². The lowest BCUT2D eigenvalue weighted by Gasteiger charge is -2.24. The van der Waals surface area contributed by atoms with Crippen LogP contribution in [-0.2, 0) is 16.1 Å². The fourth-order valence-corrected chi connectivity index (χ4v) is 3.52. The topological polar surface area (TPSA) is 80.2 Å². The van der Waals surface area contributed by atoms with E-state index in [1.165, 1.54) is 0 Å². The second-order valence-corrected chi connectivity index (χ2v) is 6.56. The Morgan fingerprint density at radius 2 is 1.65 bits per heavy atom. The van der Waals surface area contributed by atoms with Gasteiger partial charge < -0.3 is 15.2 Å². The molecule has 0 saturated carbocycles. The smallest absolute Gasteiger partial charge is 0.240 e. The maximum absolute atomic E-state index is 12.7. The predicted octanol–water partition coefficient (Wildman–Crippen LogP) is 1.55. The summed E-state index contributed by atoms with van der Waals surface area (Å²) in [6.45, 7) is 0.571. The molecule has 4 rings (SSSR count). The average Bonchev–Trinajstić information content (AvgIpc) is 2.67. The molecule has 1 saturated heterocycles. The third kappa shape index (κ3) is 2.94. The number of nitrogens with zero attached hydrogens (tertiary/aromatic N) is 1. The molecule has 1 atom stereocenters. The van der Waals surface area contributed by atoms with Crippen LogP contribution in [0.4, 0.5) is 0 Å². The maximum Gasteiger partial charge on any atom is 0.240 e. The summed E-state index contributed by atoms with van der Waals surface area (Å²) in [5.41, 5.74) is 1.45. The van der Waals surface area contributed by atoms with Crippen molar-refractivity contribution in [3.05, 3.63) is 58.8 Å². The van der Waals surface area contributed by atoms with Gasteiger partial charge in [0, 0.05) is 29.8 Å². The van der Waals surface area contributed by atoms with Crippen molar-refractivity contribution in [2.45, 2.75) is 25.4 Å². The number of nitrogens with one attached hydrogen (secondary N) is 2. The molecule has 6 nitrogen and oxygen atoms in total. The standard InChI is InChI=1S/C20H19N3O3/c24-18-10-9-13(11-21-18)22-19(25)12-23-16-7-3-1-5-14(16)20(26)15-6-2-4-8-17(15)23/h1-8,13H,9-12H2,(H,21,24)(H,22,25). The summed E-state index contributed by atoms with van der Waals surface area (Å²) in [5, 5.41) is 6.95. The monoisotopic (exact) mass is 349 g/mol. The summed E-state index contributed by atoms with van der Waals surface area (Å²) in [7, 11) is 0. The minimum Gasteiger partial charge on any atom is -0.354 e. The Balaban J connectivity index is 1.71. The number of rotatable bonds is 3. The number of benzene rings is 2. The van der Waals surface area contributed by atoms with E-state index in [1.807, 2.05) is 41.0 Å². The van der Waals surface area contributed by atoms with Crippen molar-refractivity contribution in [1.82, 2.24) is 15.2 Å². The van der Waals surface area contributed by atoms with Crippen molar-refractivity contribution in [3.8, 4) is 0 Å². The number of fused-ring (bicyclic) bond motifs is 2. The zero-order chi connectivity index (χ0) is 18.1. The first-order valence-electron chi connectivity index (χ1n) is 8.70. The highest BCUT2D eigenvalue weighted by Crippen LogP contribution is 2.19. The summed E-state index contributed by atoms with van der Waals surface area (Å²) >= 11 is 0. The molecule has 3 aromatic rings. The number of carbonyl (C=O) groups excluding carboxylic acids is 2. The van der Waals surface area contributed by atoms with Gasteiger partial charge in [-0.15, -0.1) is 0 Å². The molecule has 2 N–H and O–H groups in total. The van der Waals surface area contributed by atoms with E-state index in [4.69, 9.17) is 0 Å². The molecule has 1 aliphatic heterocycles. The van der Waals surface area contributed by atoms with Crippen LogP contribution >= 0.6 is 0 Å². The van der Waals surface area contributed by atoms with Gasteiger partial charge in [-0.2, -0.15) is 0 Å². The molecule has 0 radical (unpaired) electrons. The highest BCUT2D eigenvalue weighted by atomic mass is 16.2. The van der Waals surface area contributed by atoms with Crippen LogP contribution in [-0.4, -0.2) is 29.0 Å². The van der Waals surface area contributed by atoms with E-state index in [0.717, 1.165) is 11.0 Å². The normalized spacial score (nSPS) is 17.2. The van der Waals surface area contributed by atoms with Crippen LogP contribution in [0, 0.1) is 0 Å². The van der Waals surface area contributed by atoms with Crippen LogP contribution in [0.2, 0.25) is 0 Å². The summed E-state index contributed by atoms with van der Waals surface area (Å²) in [5.74, 6) is -0.113. The molecule has 2 amide bonds. The summed E-state index contributed by atoms with van der Waals surface area (Å²) in [6, 6.07) is 14.6. The maximum atomic E-state index is 12.7. The van der Waals surface area contributed by atoms with Crippen LogP contribution in [0.25, 0.3) is 21.8 Å². The molecule has 2 aromatic carbocycles. The van der Waals surface area contributed by atoms with Crippen molar-refractivity contribution in [2.75, 3.05) is 6.54 Å². The molecule has 132 valence electrons. The molecule has 26 heavy (non-hydrogen) atoms. The minimum atomic E-state index is -0.134. The third-order valence-electron chi connectivity index (χ3n) is 4.81. The average molecular weight is 349 g/mol. The molecule has 1 unspecified atom stereocenters. The molecular formula is C20H19N3O3. The highest BCUT2D eigenvalue weighted by Gasteiger charge is 2.20. The second kappa shape index (κ2) is 6.63. The van der Waals surface area contributed by atoms with Crippen molar-refractivity contribution in [3.63, 3.8) is 0 Å². The molecular weight excluding hydrogens is 330 g/mol. The third-order valence-corrected chi connectivity index (χ3v) is 4.81. The van der Waals surface area contributed by atoms with E-state index in [2.05, 4.69) is 10.6 Å². The van der Waals surface area contributed by atoms with Crippen LogP contribution in [0.3, 0.4) is 0 Å². The molecule has 0 bridgehead atoms. The van der Waals surface area contributed by atoms with Crippen LogP contribution < -0.4 is 16.1 Å². The number of aromatic nitrogens is 1. The first kappa shape index (κ1) is 16.3. The van der Waals surface area contributed by atoms with Crippen molar-refractivity contribution in [2.24, 2.45) is 0 Å². The van der Waals surface area contributed by atoms with E-state index >= 15 is 0 Å². The van der Waals surface area contributed by atoms with Crippen molar-refractivity contribution in [1.29, 1.82) is 0 Å².